The Labute approximate surface area is 104 Å². The van der Waals surface area contributed by atoms with Crippen LogP contribution >= 0.6 is 11.3 Å². The van der Waals surface area contributed by atoms with E-state index >= 15 is 0 Å². The van der Waals surface area contributed by atoms with Gasteiger partial charge >= 0.3 is 0 Å². The molecule has 0 aliphatic heterocycles. The summed E-state index contributed by atoms with van der Waals surface area (Å²) >= 11 is 1.37. The van der Waals surface area contributed by atoms with Gasteiger partial charge < -0.3 is 11.1 Å². The summed E-state index contributed by atoms with van der Waals surface area (Å²) in [6.07, 6.45) is 0. The molecule has 3 nitrogen and oxygen atoms in total. The maximum absolute atomic E-state index is 11.9. The average molecular weight is 246 g/mol. The number of nitrogens with one attached hydrogen (secondary N) is 1. The van der Waals surface area contributed by atoms with Gasteiger partial charge in [-0.25, -0.2) is 0 Å². The monoisotopic (exact) mass is 246 g/mol. The number of nitrogens with two attached hydrogens (primary N) is 1. The Hall–Kier alpha value is -1.81. The van der Waals surface area contributed by atoms with Crippen molar-refractivity contribution in [2.45, 2.75) is 13.0 Å². The summed E-state index contributed by atoms with van der Waals surface area (Å²) in [7, 11) is 0. The van der Waals surface area contributed by atoms with Gasteiger partial charge in [0.1, 0.15) is 0 Å². The minimum Gasteiger partial charge on any atom is -0.390 e. The highest BCUT2D eigenvalue weighted by molar-refractivity contribution is 7.14. The number of nitrogen functional groups attached to an aromatic ring is 1. The molecule has 1 heterocycles. The minimum absolute atomic E-state index is 0.0250. The van der Waals surface area contributed by atoms with Crippen molar-refractivity contribution in [1.29, 1.82) is 0 Å². The lowest BCUT2D eigenvalue weighted by Gasteiger charge is -2.13. The van der Waals surface area contributed by atoms with E-state index in [-0.39, 0.29) is 11.9 Å². The van der Waals surface area contributed by atoms with Gasteiger partial charge in [-0.1, -0.05) is 30.3 Å². The van der Waals surface area contributed by atoms with Crippen LogP contribution in [0.2, 0.25) is 0 Å². The molecule has 1 atom stereocenters. The summed E-state index contributed by atoms with van der Waals surface area (Å²) in [6, 6.07) is 11.6. The SMILES string of the molecule is C[C@H](NC(=O)c1ccsc1N)c1ccccc1. The first-order valence-electron chi connectivity index (χ1n) is 5.37. The smallest absolute Gasteiger partial charge is 0.254 e. The van der Waals surface area contributed by atoms with Crippen molar-refractivity contribution < 1.29 is 4.79 Å². The summed E-state index contributed by atoms with van der Waals surface area (Å²) in [6.45, 7) is 1.95. The molecule has 0 saturated carbocycles. The molecule has 0 unspecified atom stereocenters. The fourth-order valence-corrected chi connectivity index (χ4v) is 2.25. The van der Waals surface area contributed by atoms with Crippen LogP contribution in [0.3, 0.4) is 0 Å². The molecule has 0 aliphatic rings. The van der Waals surface area contributed by atoms with E-state index in [0.29, 0.717) is 10.6 Å². The number of benzene rings is 1. The molecular weight excluding hydrogens is 232 g/mol. The lowest BCUT2D eigenvalue weighted by Crippen LogP contribution is -2.26. The summed E-state index contributed by atoms with van der Waals surface area (Å²) in [4.78, 5) is 11.9. The number of anilines is 1. The van der Waals surface area contributed by atoms with E-state index < -0.39 is 0 Å². The number of carbonyl (C=O) groups is 1. The van der Waals surface area contributed by atoms with Crippen LogP contribution in [-0.4, -0.2) is 5.91 Å². The number of hydrogen-bond acceptors (Lipinski definition) is 3. The first kappa shape index (κ1) is 11.7. The third-order valence-electron chi connectivity index (χ3n) is 2.59. The first-order valence-corrected chi connectivity index (χ1v) is 6.25. The van der Waals surface area contributed by atoms with E-state index in [1.54, 1.807) is 6.07 Å². The second-order valence-corrected chi connectivity index (χ2v) is 4.75. The molecule has 0 spiro atoms. The van der Waals surface area contributed by atoms with Gasteiger partial charge in [-0.05, 0) is 23.9 Å². The third kappa shape index (κ3) is 2.65. The number of amides is 1. The molecule has 0 saturated heterocycles. The maximum atomic E-state index is 11.9. The van der Waals surface area contributed by atoms with Crippen molar-refractivity contribution in [2.75, 3.05) is 5.73 Å². The molecule has 0 aliphatic carbocycles. The molecule has 3 N–H and O–H groups in total. The fourth-order valence-electron chi connectivity index (χ4n) is 1.61. The van der Waals surface area contributed by atoms with E-state index in [1.807, 2.05) is 42.6 Å². The molecule has 4 heteroatoms. The molecule has 1 aromatic carbocycles. The van der Waals surface area contributed by atoms with Gasteiger partial charge in [-0.2, -0.15) is 0 Å². The van der Waals surface area contributed by atoms with Crippen LogP contribution in [0, 0.1) is 0 Å². The third-order valence-corrected chi connectivity index (χ3v) is 3.33. The number of thiophene rings is 1. The second kappa shape index (κ2) is 5.01. The van der Waals surface area contributed by atoms with E-state index in [1.165, 1.54) is 11.3 Å². The molecule has 1 amide bonds. The zero-order valence-corrected chi connectivity index (χ0v) is 10.3. The van der Waals surface area contributed by atoms with Crippen LogP contribution < -0.4 is 11.1 Å². The Morgan fingerprint density at radius 1 is 1.29 bits per heavy atom. The zero-order chi connectivity index (χ0) is 12.3. The van der Waals surface area contributed by atoms with Crippen molar-refractivity contribution >= 4 is 22.2 Å². The predicted molar refractivity (Wildman–Crippen MR) is 71.1 cm³/mol. The van der Waals surface area contributed by atoms with Gasteiger partial charge in [-0.3, -0.25) is 4.79 Å². The van der Waals surface area contributed by atoms with Crippen LogP contribution in [-0.2, 0) is 0 Å². The number of carbonyl (C=O) groups excluding carboxylic acids is 1. The van der Waals surface area contributed by atoms with Gasteiger partial charge in [0, 0.05) is 0 Å². The molecule has 0 fully saturated rings. The van der Waals surface area contributed by atoms with Crippen LogP contribution in [0.25, 0.3) is 0 Å². The lowest BCUT2D eigenvalue weighted by atomic mass is 10.1. The number of hydrogen-bond donors (Lipinski definition) is 2. The Morgan fingerprint density at radius 2 is 2.00 bits per heavy atom. The minimum atomic E-state index is -0.125. The average Bonchev–Trinajstić information content (AvgIpc) is 2.76. The Kier molecular flexibility index (Phi) is 3.44. The molecule has 2 rings (SSSR count). The molecule has 1 aromatic heterocycles. The molecular formula is C13H14N2OS. The van der Waals surface area contributed by atoms with Crippen LogP contribution in [0.5, 0.6) is 0 Å². The highest BCUT2D eigenvalue weighted by atomic mass is 32.1. The second-order valence-electron chi connectivity index (χ2n) is 3.80. The van der Waals surface area contributed by atoms with Crippen molar-refractivity contribution in [2.24, 2.45) is 0 Å². The van der Waals surface area contributed by atoms with E-state index in [0.717, 1.165) is 5.56 Å². The predicted octanol–water partition coefficient (Wildman–Crippen LogP) is 2.82. The fraction of sp³-hybridized carbons (Fsp3) is 0.154. The van der Waals surface area contributed by atoms with Crippen LogP contribution in [0.15, 0.2) is 41.8 Å². The lowest BCUT2D eigenvalue weighted by molar-refractivity contribution is 0.0941. The van der Waals surface area contributed by atoms with E-state index in [2.05, 4.69) is 5.32 Å². The number of rotatable bonds is 3. The first-order chi connectivity index (χ1) is 8.18. The molecule has 0 bridgehead atoms. The summed E-state index contributed by atoms with van der Waals surface area (Å²) in [5, 5.41) is 5.30. The van der Waals surface area contributed by atoms with Gasteiger partial charge in [0.05, 0.1) is 16.6 Å². The van der Waals surface area contributed by atoms with Crippen LogP contribution in [0.4, 0.5) is 5.00 Å². The molecule has 17 heavy (non-hydrogen) atoms. The van der Waals surface area contributed by atoms with E-state index in [4.69, 9.17) is 5.73 Å². The van der Waals surface area contributed by atoms with Crippen molar-refractivity contribution in [3.8, 4) is 0 Å². The van der Waals surface area contributed by atoms with Crippen molar-refractivity contribution in [3.05, 3.63) is 52.9 Å². The van der Waals surface area contributed by atoms with E-state index in [9.17, 15) is 4.79 Å². The van der Waals surface area contributed by atoms with Crippen molar-refractivity contribution in [1.82, 2.24) is 5.32 Å². The van der Waals surface area contributed by atoms with Gasteiger partial charge in [0.15, 0.2) is 0 Å². The zero-order valence-electron chi connectivity index (χ0n) is 9.51. The van der Waals surface area contributed by atoms with Crippen LogP contribution in [0.1, 0.15) is 28.9 Å². The topological polar surface area (TPSA) is 55.1 Å². The largest absolute Gasteiger partial charge is 0.390 e. The Balaban J connectivity index is 2.08. The molecule has 88 valence electrons. The Bertz CT molecular complexity index is 507. The quantitative estimate of drug-likeness (QED) is 0.875. The summed E-state index contributed by atoms with van der Waals surface area (Å²) in [5.74, 6) is -0.125. The Morgan fingerprint density at radius 3 is 2.59 bits per heavy atom. The highest BCUT2D eigenvalue weighted by Crippen LogP contribution is 2.20. The normalized spacial score (nSPS) is 12.1. The highest BCUT2D eigenvalue weighted by Gasteiger charge is 2.14. The molecule has 0 radical (unpaired) electrons. The standard InChI is InChI=1S/C13H14N2OS/c1-9(10-5-3-2-4-6-10)15-13(16)11-7-8-17-12(11)14/h2-9H,14H2,1H3,(H,15,16)/t9-/m0/s1. The van der Waals surface area contributed by atoms with Crippen molar-refractivity contribution in [3.63, 3.8) is 0 Å². The maximum Gasteiger partial charge on any atom is 0.254 e. The van der Waals surface area contributed by atoms with Gasteiger partial charge in [-0.15, -0.1) is 11.3 Å². The van der Waals surface area contributed by atoms with Gasteiger partial charge in [0.25, 0.3) is 5.91 Å². The summed E-state index contributed by atoms with van der Waals surface area (Å²) in [5.41, 5.74) is 7.35. The van der Waals surface area contributed by atoms with Gasteiger partial charge in [0.2, 0.25) is 0 Å². The summed E-state index contributed by atoms with van der Waals surface area (Å²) < 4.78 is 0. The molecule has 2 aromatic rings.